The molecule has 0 aliphatic carbocycles. The highest BCUT2D eigenvalue weighted by atomic mass is 35.5. The van der Waals surface area contributed by atoms with Gasteiger partial charge < -0.3 is 15.0 Å². The number of methoxy groups -OCH3 is 1. The Kier molecular flexibility index (Phi) is 10.7. The Morgan fingerprint density at radius 3 is 2.40 bits per heavy atom. The van der Waals surface area contributed by atoms with Gasteiger partial charge in [0.1, 0.15) is 18.3 Å². The molecule has 0 fully saturated rings. The number of sulfonamides is 1. The molecular weight excluding hydrogens is 513 g/mol. The topological polar surface area (TPSA) is 96.0 Å². The molecule has 2 aromatic carbocycles. The van der Waals surface area contributed by atoms with Crippen molar-refractivity contribution in [2.75, 3.05) is 30.8 Å². The number of rotatable bonds is 12. The number of nitrogens with one attached hydrogen (secondary N) is 1. The van der Waals surface area contributed by atoms with Gasteiger partial charge in [-0.1, -0.05) is 49.2 Å². The third-order valence-corrected chi connectivity index (χ3v) is 6.94. The number of carbonyl (C=O) groups excluding carboxylic acids is 2. The average Bonchev–Trinajstić information content (AvgIpc) is 2.80. The largest absolute Gasteiger partial charge is 0.497 e. The third-order valence-electron chi connectivity index (χ3n) is 5.28. The fourth-order valence-corrected chi connectivity index (χ4v) is 4.95. The molecular formula is C24H31Cl2N3O5S. The van der Waals surface area contributed by atoms with Crippen LogP contribution in [0, 0.1) is 0 Å². The molecule has 0 saturated heterocycles. The summed E-state index contributed by atoms with van der Waals surface area (Å²) in [6.07, 6.45) is 2.07. The van der Waals surface area contributed by atoms with Gasteiger partial charge in [-0.25, -0.2) is 8.42 Å². The van der Waals surface area contributed by atoms with Crippen LogP contribution in [0.3, 0.4) is 0 Å². The lowest BCUT2D eigenvalue weighted by atomic mass is 10.1. The molecule has 0 spiro atoms. The Labute approximate surface area is 217 Å². The quantitative estimate of drug-likeness (QED) is 0.434. The maximum Gasteiger partial charge on any atom is 0.244 e. The Balaban J connectivity index is 2.47. The van der Waals surface area contributed by atoms with Gasteiger partial charge in [-0.05, 0) is 48.7 Å². The van der Waals surface area contributed by atoms with E-state index in [1.807, 2.05) is 13.0 Å². The van der Waals surface area contributed by atoms with E-state index in [2.05, 4.69) is 5.32 Å². The lowest BCUT2D eigenvalue weighted by Crippen LogP contribution is -2.52. The number of ether oxygens (including phenoxy) is 1. The summed E-state index contributed by atoms with van der Waals surface area (Å²) in [5, 5.41) is 3.25. The van der Waals surface area contributed by atoms with Gasteiger partial charge in [0.05, 0.1) is 24.1 Å². The molecule has 0 unspecified atom stereocenters. The van der Waals surface area contributed by atoms with E-state index < -0.39 is 28.5 Å². The van der Waals surface area contributed by atoms with Crippen LogP contribution in [0.1, 0.15) is 32.3 Å². The molecule has 192 valence electrons. The summed E-state index contributed by atoms with van der Waals surface area (Å²) >= 11 is 12.2. The van der Waals surface area contributed by atoms with Crippen molar-refractivity contribution < 1.29 is 22.7 Å². The highest BCUT2D eigenvalue weighted by Gasteiger charge is 2.32. The van der Waals surface area contributed by atoms with Crippen LogP contribution in [0.25, 0.3) is 0 Å². The molecule has 0 aliphatic heterocycles. The normalized spacial score (nSPS) is 12.1. The van der Waals surface area contributed by atoms with E-state index >= 15 is 0 Å². The first-order chi connectivity index (χ1) is 16.5. The number of anilines is 1. The van der Waals surface area contributed by atoms with E-state index in [1.54, 1.807) is 25.1 Å². The Bertz CT molecular complexity index is 1140. The summed E-state index contributed by atoms with van der Waals surface area (Å²) in [5.74, 6) is -0.257. The van der Waals surface area contributed by atoms with Gasteiger partial charge in [0.2, 0.25) is 21.8 Å². The zero-order valence-corrected chi connectivity index (χ0v) is 22.6. The van der Waals surface area contributed by atoms with Crippen molar-refractivity contribution in [1.82, 2.24) is 10.2 Å². The van der Waals surface area contributed by atoms with Crippen LogP contribution in [0.4, 0.5) is 5.69 Å². The van der Waals surface area contributed by atoms with Crippen molar-refractivity contribution in [1.29, 1.82) is 0 Å². The third kappa shape index (κ3) is 8.02. The van der Waals surface area contributed by atoms with Crippen molar-refractivity contribution in [3.8, 4) is 5.75 Å². The summed E-state index contributed by atoms with van der Waals surface area (Å²) in [7, 11) is -2.36. The number of halogens is 2. The molecule has 2 aromatic rings. The van der Waals surface area contributed by atoms with Gasteiger partial charge in [0, 0.05) is 18.1 Å². The number of hydrogen-bond acceptors (Lipinski definition) is 5. The minimum Gasteiger partial charge on any atom is -0.497 e. The minimum atomic E-state index is -3.89. The van der Waals surface area contributed by atoms with Crippen LogP contribution in [0.15, 0.2) is 42.5 Å². The molecule has 2 rings (SSSR count). The second-order valence-electron chi connectivity index (χ2n) is 7.95. The van der Waals surface area contributed by atoms with E-state index in [0.29, 0.717) is 23.7 Å². The maximum absolute atomic E-state index is 13.6. The lowest BCUT2D eigenvalue weighted by Gasteiger charge is -2.33. The van der Waals surface area contributed by atoms with Crippen LogP contribution in [-0.4, -0.2) is 57.6 Å². The number of carbonyl (C=O) groups is 2. The average molecular weight is 545 g/mol. The van der Waals surface area contributed by atoms with Gasteiger partial charge in [0.25, 0.3) is 0 Å². The summed E-state index contributed by atoms with van der Waals surface area (Å²) < 4.78 is 31.5. The molecule has 0 radical (unpaired) electrons. The molecule has 35 heavy (non-hydrogen) atoms. The fourth-order valence-electron chi connectivity index (χ4n) is 3.53. The fraction of sp³-hybridized carbons (Fsp3) is 0.417. The summed E-state index contributed by atoms with van der Waals surface area (Å²) in [6.45, 7) is 3.74. The monoisotopic (exact) mass is 543 g/mol. The molecule has 0 aromatic heterocycles. The highest BCUT2D eigenvalue weighted by Crippen LogP contribution is 2.30. The van der Waals surface area contributed by atoms with Gasteiger partial charge in [-0.3, -0.25) is 13.9 Å². The standard InChI is InChI=1S/C24H31Cl2N3O5S/c1-5-12-27-24(31)21(6-2)28(15-17-8-7-9-19(13-17)34-3)23(30)16-29(35(4,32)33)22-11-10-18(25)14-20(22)26/h7-11,13-14,21H,5-6,12,15-16H2,1-4H3,(H,27,31)/t21-/m1/s1. The summed E-state index contributed by atoms with van der Waals surface area (Å²) in [5.41, 5.74) is 0.853. The molecule has 1 N–H and O–H groups in total. The van der Waals surface area contributed by atoms with Crippen molar-refractivity contribution >= 4 is 50.7 Å². The lowest BCUT2D eigenvalue weighted by molar-refractivity contribution is -0.140. The summed E-state index contributed by atoms with van der Waals surface area (Å²) in [6, 6.07) is 10.7. The number of nitrogens with zero attached hydrogens (tertiary/aromatic N) is 2. The van der Waals surface area contributed by atoms with Gasteiger partial charge in [-0.2, -0.15) is 0 Å². The van der Waals surface area contributed by atoms with E-state index in [4.69, 9.17) is 27.9 Å². The maximum atomic E-state index is 13.6. The molecule has 0 heterocycles. The predicted molar refractivity (Wildman–Crippen MR) is 140 cm³/mol. The Hall–Kier alpha value is -2.49. The van der Waals surface area contributed by atoms with Crippen LogP contribution in [0.2, 0.25) is 10.0 Å². The molecule has 1 atom stereocenters. The second kappa shape index (κ2) is 13.0. The SMILES string of the molecule is CCCNC(=O)[C@@H](CC)N(Cc1cccc(OC)c1)C(=O)CN(c1ccc(Cl)cc1Cl)S(C)(=O)=O. The van der Waals surface area contributed by atoms with Gasteiger partial charge >= 0.3 is 0 Å². The smallest absolute Gasteiger partial charge is 0.244 e. The first-order valence-corrected chi connectivity index (χ1v) is 13.7. The van der Waals surface area contributed by atoms with Crippen LogP contribution in [-0.2, 0) is 26.2 Å². The van der Waals surface area contributed by atoms with Crippen molar-refractivity contribution in [2.24, 2.45) is 0 Å². The first-order valence-electron chi connectivity index (χ1n) is 11.1. The highest BCUT2D eigenvalue weighted by molar-refractivity contribution is 7.92. The molecule has 0 bridgehead atoms. The van der Waals surface area contributed by atoms with Crippen molar-refractivity contribution in [3.63, 3.8) is 0 Å². The first kappa shape index (κ1) is 28.7. The van der Waals surface area contributed by atoms with E-state index in [9.17, 15) is 18.0 Å². The van der Waals surface area contributed by atoms with Crippen molar-refractivity contribution in [3.05, 3.63) is 58.1 Å². The van der Waals surface area contributed by atoms with E-state index in [1.165, 1.54) is 30.2 Å². The van der Waals surface area contributed by atoms with E-state index in [0.717, 1.165) is 22.5 Å². The van der Waals surface area contributed by atoms with Gasteiger partial charge in [0.15, 0.2) is 0 Å². The predicted octanol–water partition coefficient (Wildman–Crippen LogP) is 4.10. The van der Waals surface area contributed by atoms with Gasteiger partial charge in [-0.15, -0.1) is 0 Å². The Morgan fingerprint density at radius 1 is 1.11 bits per heavy atom. The van der Waals surface area contributed by atoms with Crippen LogP contribution in [0.5, 0.6) is 5.75 Å². The molecule has 0 saturated carbocycles. The van der Waals surface area contributed by atoms with Crippen LogP contribution >= 0.6 is 23.2 Å². The number of hydrogen-bond donors (Lipinski definition) is 1. The summed E-state index contributed by atoms with van der Waals surface area (Å²) in [4.78, 5) is 28.0. The molecule has 8 nitrogen and oxygen atoms in total. The number of benzene rings is 2. The Morgan fingerprint density at radius 2 is 1.83 bits per heavy atom. The second-order valence-corrected chi connectivity index (χ2v) is 10.7. The minimum absolute atomic E-state index is 0.0834. The molecule has 11 heteroatoms. The number of amides is 2. The van der Waals surface area contributed by atoms with Crippen molar-refractivity contribution in [2.45, 2.75) is 39.3 Å². The zero-order chi connectivity index (χ0) is 26.2. The van der Waals surface area contributed by atoms with Crippen LogP contribution < -0.4 is 14.4 Å². The zero-order valence-electron chi connectivity index (χ0n) is 20.3. The molecule has 2 amide bonds. The molecule has 0 aliphatic rings. The van der Waals surface area contributed by atoms with E-state index in [-0.39, 0.29) is 23.2 Å².